The quantitative estimate of drug-likeness (QED) is 0.306. The minimum atomic E-state index is -4.42. The van der Waals surface area contributed by atoms with E-state index in [1.807, 2.05) is 18.2 Å². The van der Waals surface area contributed by atoms with Crippen LogP contribution in [0.15, 0.2) is 71.5 Å². The molecule has 0 radical (unpaired) electrons. The zero-order valence-electron chi connectivity index (χ0n) is 19.8. The molecule has 0 saturated carbocycles. The van der Waals surface area contributed by atoms with Crippen LogP contribution in [0.5, 0.6) is 0 Å². The van der Waals surface area contributed by atoms with Gasteiger partial charge < -0.3 is 19.5 Å². The summed E-state index contributed by atoms with van der Waals surface area (Å²) < 4.78 is 43.7. The van der Waals surface area contributed by atoms with Crippen LogP contribution in [-0.4, -0.2) is 42.2 Å². The van der Waals surface area contributed by atoms with Crippen LogP contribution >= 0.6 is 0 Å². The third-order valence-electron chi connectivity index (χ3n) is 6.24. The smallest absolute Gasteiger partial charge is 0.416 e. The standard InChI is InChI=1S/C26H29F3N4O3/c27-26(28,29)21-7-9-22(10-8-21)32-24(34)33-15-4-12-25(18-33,17-20-5-2-1-3-6-20)19-36-31-13-11-23-30-14-16-35-23/h1-3,5-10,14,16,31H,4,11-13,15,17-19H2,(H,32,34). The molecule has 2 N–H and O–H groups in total. The zero-order chi connectivity index (χ0) is 25.4. The van der Waals surface area contributed by atoms with Crippen molar-refractivity contribution in [2.24, 2.45) is 5.41 Å². The Hall–Kier alpha value is -3.37. The van der Waals surface area contributed by atoms with Crippen LogP contribution in [0, 0.1) is 5.41 Å². The minimum absolute atomic E-state index is 0.316. The van der Waals surface area contributed by atoms with Gasteiger partial charge in [0.2, 0.25) is 0 Å². The van der Waals surface area contributed by atoms with E-state index in [0.717, 1.165) is 37.0 Å². The number of nitrogens with one attached hydrogen (secondary N) is 2. The lowest BCUT2D eigenvalue weighted by Gasteiger charge is -2.42. The molecule has 7 nitrogen and oxygen atoms in total. The number of carbonyl (C=O) groups is 1. The van der Waals surface area contributed by atoms with Gasteiger partial charge >= 0.3 is 12.2 Å². The average Bonchev–Trinajstić information content (AvgIpc) is 3.38. The molecule has 0 aliphatic carbocycles. The van der Waals surface area contributed by atoms with Crippen LogP contribution in [0.1, 0.15) is 29.9 Å². The SMILES string of the molecule is O=C(Nc1ccc(C(F)(F)F)cc1)N1CCCC(CONCCc2ncco2)(Cc2ccccc2)C1. The largest absolute Gasteiger partial charge is 0.449 e. The van der Waals surface area contributed by atoms with Gasteiger partial charge in [-0.25, -0.2) is 15.3 Å². The Bertz CT molecular complexity index is 1090. The van der Waals surface area contributed by atoms with Gasteiger partial charge in [-0.05, 0) is 49.1 Å². The molecule has 192 valence electrons. The number of aromatic nitrogens is 1. The van der Waals surface area contributed by atoms with E-state index in [4.69, 9.17) is 9.25 Å². The van der Waals surface area contributed by atoms with Crippen molar-refractivity contribution in [2.75, 3.05) is 31.6 Å². The van der Waals surface area contributed by atoms with E-state index in [1.54, 1.807) is 11.1 Å². The molecule has 2 aromatic carbocycles. The molecule has 4 rings (SSSR count). The Labute approximate surface area is 207 Å². The van der Waals surface area contributed by atoms with E-state index >= 15 is 0 Å². The van der Waals surface area contributed by atoms with Crippen LogP contribution in [0.4, 0.5) is 23.7 Å². The number of amides is 2. The second-order valence-electron chi connectivity index (χ2n) is 9.05. The van der Waals surface area contributed by atoms with E-state index < -0.39 is 11.7 Å². The Balaban J connectivity index is 1.39. The van der Waals surface area contributed by atoms with Gasteiger partial charge in [0, 0.05) is 37.2 Å². The summed E-state index contributed by atoms with van der Waals surface area (Å²) in [6.45, 7) is 1.92. The third-order valence-corrected chi connectivity index (χ3v) is 6.24. The summed E-state index contributed by atoms with van der Waals surface area (Å²) in [5.74, 6) is 0.619. The lowest BCUT2D eigenvalue weighted by molar-refractivity contribution is -0.137. The van der Waals surface area contributed by atoms with Gasteiger partial charge in [0.05, 0.1) is 18.4 Å². The summed E-state index contributed by atoms with van der Waals surface area (Å²) in [6.07, 6.45) is 1.66. The van der Waals surface area contributed by atoms with Gasteiger partial charge in [0.25, 0.3) is 0 Å². The van der Waals surface area contributed by atoms with Crippen molar-refractivity contribution in [1.82, 2.24) is 15.4 Å². The van der Waals surface area contributed by atoms with Crippen LogP contribution in [-0.2, 0) is 23.9 Å². The first-order chi connectivity index (χ1) is 17.3. The van der Waals surface area contributed by atoms with E-state index in [9.17, 15) is 18.0 Å². The molecule has 0 bridgehead atoms. The van der Waals surface area contributed by atoms with Crippen molar-refractivity contribution in [1.29, 1.82) is 0 Å². The summed E-state index contributed by atoms with van der Waals surface area (Å²) in [6, 6.07) is 14.1. The maximum atomic E-state index is 13.0. The molecule has 0 spiro atoms. The van der Waals surface area contributed by atoms with E-state index in [2.05, 4.69) is 27.9 Å². The summed E-state index contributed by atoms with van der Waals surface area (Å²) in [7, 11) is 0. The average molecular weight is 503 g/mol. The van der Waals surface area contributed by atoms with Gasteiger partial charge in [-0.3, -0.25) is 0 Å². The van der Waals surface area contributed by atoms with Gasteiger partial charge in [0.15, 0.2) is 5.89 Å². The molecule has 1 aliphatic heterocycles. The minimum Gasteiger partial charge on any atom is -0.449 e. The number of hydroxylamine groups is 1. The molecule has 1 unspecified atom stereocenters. The lowest BCUT2D eigenvalue weighted by atomic mass is 9.76. The first-order valence-corrected chi connectivity index (χ1v) is 11.8. The predicted molar refractivity (Wildman–Crippen MR) is 128 cm³/mol. The zero-order valence-corrected chi connectivity index (χ0v) is 19.8. The van der Waals surface area contributed by atoms with Crippen molar-refractivity contribution in [3.05, 3.63) is 84.1 Å². The summed E-state index contributed by atoms with van der Waals surface area (Å²) in [5, 5.41) is 2.73. The molecule has 1 aromatic heterocycles. The van der Waals surface area contributed by atoms with Crippen LogP contribution in [0.2, 0.25) is 0 Å². The Morgan fingerprint density at radius 2 is 1.92 bits per heavy atom. The summed E-state index contributed by atoms with van der Waals surface area (Å²) in [4.78, 5) is 24.7. The first-order valence-electron chi connectivity index (χ1n) is 11.8. The molecule has 3 aromatic rings. The molecular formula is C26H29F3N4O3. The fourth-order valence-corrected chi connectivity index (χ4v) is 4.48. The lowest BCUT2D eigenvalue weighted by Crippen LogP contribution is -2.51. The summed E-state index contributed by atoms with van der Waals surface area (Å²) in [5.41, 5.74) is 3.35. The van der Waals surface area contributed by atoms with E-state index in [0.29, 0.717) is 44.2 Å². The van der Waals surface area contributed by atoms with Crippen molar-refractivity contribution >= 4 is 11.7 Å². The number of halogens is 3. The number of piperidine rings is 1. The van der Waals surface area contributed by atoms with Crippen molar-refractivity contribution < 1.29 is 27.2 Å². The molecular weight excluding hydrogens is 473 g/mol. The molecule has 2 amide bonds. The number of carbonyl (C=O) groups excluding carboxylic acids is 1. The number of oxazole rings is 1. The Kier molecular flexibility index (Phi) is 8.27. The highest BCUT2D eigenvalue weighted by Gasteiger charge is 2.38. The molecule has 2 heterocycles. The van der Waals surface area contributed by atoms with Crippen molar-refractivity contribution in [3.8, 4) is 0 Å². The second-order valence-corrected chi connectivity index (χ2v) is 9.05. The monoisotopic (exact) mass is 502 g/mol. The van der Waals surface area contributed by atoms with Crippen LogP contribution in [0.3, 0.4) is 0 Å². The number of hydrogen-bond donors (Lipinski definition) is 2. The highest BCUT2D eigenvalue weighted by molar-refractivity contribution is 5.89. The maximum Gasteiger partial charge on any atom is 0.416 e. The van der Waals surface area contributed by atoms with Gasteiger partial charge in [-0.2, -0.15) is 13.2 Å². The first kappa shape index (κ1) is 25.7. The normalized spacial score (nSPS) is 18.2. The highest BCUT2D eigenvalue weighted by Crippen LogP contribution is 2.35. The predicted octanol–water partition coefficient (Wildman–Crippen LogP) is 5.31. The molecule has 36 heavy (non-hydrogen) atoms. The van der Waals surface area contributed by atoms with Gasteiger partial charge in [0.1, 0.15) is 6.26 Å². The molecule has 1 fully saturated rings. The third kappa shape index (κ3) is 7.08. The Morgan fingerprint density at radius 1 is 1.14 bits per heavy atom. The number of rotatable bonds is 9. The topological polar surface area (TPSA) is 79.6 Å². The number of anilines is 1. The number of likely N-dealkylation sites (tertiary alicyclic amines) is 1. The summed E-state index contributed by atoms with van der Waals surface area (Å²) >= 11 is 0. The number of alkyl halides is 3. The number of nitrogens with zero attached hydrogens (tertiary/aromatic N) is 2. The Morgan fingerprint density at radius 3 is 2.61 bits per heavy atom. The van der Waals surface area contributed by atoms with Crippen molar-refractivity contribution in [2.45, 2.75) is 31.9 Å². The number of urea groups is 1. The molecule has 1 aliphatic rings. The second kappa shape index (κ2) is 11.6. The highest BCUT2D eigenvalue weighted by atomic mass is 19.4. The molecule has 10 heteroatoms. The molecule has 1 atom stereocenters. The van der Waals surface area contributed by atoms with Crippen molar-refractivity contribution in [3.63, 3.8) is 0 Å². The number of hydrogen-bond acceptors (Lipinski definition) is 5. The van der Waals surface area contributed by atoms with Gasteiger partial charge in [-0.15, -0.1) is 0 Å². The van der Waals surface area contributed by atoms with E-state index in [-0.39, 0.29) is 11.4 Å². The van der Waals surface area contributed by atoms with Crippen LogP contribution in [0.25, 0.3) is 0 Å². The van der Waals surface area contributed by atoms with Gasteiger partial charge in [-0.1, -0.05) is 30.3 Å². The van der Waals surface area contributed by atoms with E-state index in [1.165, 1.54) is 18.4 Å². The maximum absolute atomic E-state index is 13.0. The fraction of sp³-hybridized carbons (Fsp3) is 0.385. The number of benzene rings is 2. The fourth-order valence-electron chi connectivity index (χ4n) is 4.48. The molecule has 1 saturated heterocycles. The van der Waals surface area contributed by atoms with Crippen LogP contribution < -0.4 is 10.8 Å².